The molecule has 174 valence electrons. The molecule has 4 rings (SSSR count). The molecule has 1 aliphatic heterocycles. The van der Waals surface area contributed by atoms with Crippen LogP contribution in [0.1, 0.15) is 58.7 Å². The van der Waals surface area contributed by atoms with Gasteiger partial charge in [0.05, 0.1) is 23.3 Å². The maximum Gasteiger partial charge on any atom is 0.280 e. The molecular formula is C24H25Cl2FN4O2. The Morgan fingerprint density at radius 1 is 1.24 bits per heavy atom. The molecule has 1 aliphatic rings. The van der Waals surface area contributed by atoms with Crippen LogP contribution in [0.4, 0.5) is 10.1 Å². The maximum atomic E-state index is 15.2. The summed E-state index contributed by atoms with van der Waals surface area (Å²) in [6, 6.07) is 9.39. The van der Waals surface area contributed by atoms with Crippen molar-refractivity contribution in [3.8, 4) is 0 Å². The van der Waals surface area contributed by atoms with Crippen molar-refractivity contribution in [2.24, 2.45) is 0 Å². The van der Waals surface area contributed by atoms with Gasteiger partial charge in [-0.05, 0) is 55.3 Å². The van der Waals surface area contributed by atoms with Crippen LogP contribution < -0.4 is 10.2 Å². The number of carbonyl (C=O) groups excluding carboxylic acids is 1. The van der Waals surface area contributed by atoms with Crippen LogP contribution >= 0.6 is 23.2 Å². The van der Waals surface area contributed by atoms with Crippen molar-refractivity contribution in [3.05, 3.63) is 80.3 Å². The van der Waals surface area contributed by atoms with Crippen molar-refractivity contribution in [2.45, 2.75) is 45.5 Å². The molecule has 2 heterocycles. The summed E-state index contributed by atoms with van der Waals surface area (Å²) in [5, 5.41) is 18.0. The van der Waals surface area contributed by atoms with Crippen LogP contribution in [-0.4, -0.2) is 34.1 Å². The average Bonchev–Trinajstić information content (AvgIpc) is 3.25. The summed E-state index contributed by atoms with van der Waals surface area (Å²) in [6.07, 6.45) is -0.838. The lowest BCUT2D eigenvalue weighted by Crippen LogP contribution is -2.34. The minimum atomic E-state index is -0.838. The number of aryl methyl sites for hydroxylation is 1. The zero-order chi connectivity index (χ0) is 24.0. The molecule has 2 atom stereocenters. The fourth-order valence-electron chi connectivity index (χ4n) is 4.45. The van der Waals surface area contributed by atoms with E-state index in [1.165, 1.54) is 17.0 Å². The molecule has 6 nitrogen and oxygen atoms in total. The van der Waals surface area contributed by atoms with Gasteiger partial charge in [-0.2, -0.15) is 5.10 Å². The molecule has 2 aromatic carbocycles. The van der Waals surface area contributed by atoms with Gasteiger partial charge >= 0.3 is 0 Å². The first-order chi connectivity index (χ1) is 15.6. The van der Waals surface area contributed by atoms with Crippen molar-refractivity contribution in [2.75, 3.05) is 11.9 Å². The second-order valence-corrected chi connectivity index (χ2v) is 9.28. The van der Waals surface area contributed by atoms with Crippen molar-refractivity contribution < 1.29 is 14.3 Å². The van der Waals surface area contributed by atoms with E-state index in [0.29, 0.717) is 10.6 Å². The number of nitrogens with one attached hydrogen (secondary N) is 1. The lowest BCUT2D eigenvalue weighted by atomic mass is 9.92. The largest absolute Gasteiger partial charge is 0.377 e. The van der Waals surface area contributed by atoms with Crippen LogP contribution in [0.2, 0.25) is 10.0 Å². The van der Waals surface area contributed by atoms with Gasteiger partial charge < -0.3 is 5.11 Å². The van der Waals surface area contributed by atoms with Crippen LogP contribution in [0, 0.1) is 12.7 Å². The Bertz CT molecular complexity index is 1230. The molecule has 1 amide bonds. The summed E-state index contributed by atoms with van der Waals surface area (Å²) in [6.45, 7) is 6.07. The van der Waals surface area contributed by atoms with Crippen LogP contribution in [-0.2, 0) is 6.54 Å². The monoisotopic (exact) mass is 490 g/mol. The van der Waals surface area contributed by atoms with Gasteiger partial charge in [0.1, 0.15) is 6.23 Å². The third-order valence-corrected chi connectivity index (χ3v) is 6.45. The molecule has 0 saturated carbocycles. The fraction of sp³-hybridized carbons (Fsp3) is 0.333. The molecule has 3 aromatic rings. The molecule has 0 fully saturated rings. The van der Waals surface area contributed by atoms with Crippen LogP contribution in [0.3, 0.4) is 0 Å². The van der Waals surface area contributed by atoms with Crippen molar-refractivity contribution in [1.82, 2.24) is 15.1 Å². The zero-order valence-electron chi connectivity index (χ0n) is 18.7. The molecule has 1 aromatic heterocycles. The maximum absolute atomic E-state index is 15.2. The number of benzene rings is 2. The number of carbonyl (C=O) groups is 1. The molecule has 9 heteroatoms. The highest BCUT2D eigenvalue weighted by molar-refractivity contribution is 6.31. The Morgan fingerprint density at radius 2 is 1.97 bits per heavy atom. The average molecular weight is 491 g/mol. The second-order valence-electron chi connectivity index (χ2n) is 8.44. The number of amides is 1. The smallest absolute Gasteiger partial charge is 0.280 e. The van der Waals surface area contributed by atoms with E-state index >= 15 is 4.39 Å². The Labute approximate surface area is 201 Å². The molecule has 0 radical (unpaired) electrons. The predicted molar refractivity (Wildman–Crippen MR) is 128 cm³/mol. The molecule has 0 bridgehead atoms. The number of nitrogens with zero attached hydrogens (tertiary/aromatic N) is 3. The standard InChI is InChI=1S/C24H25Cl2FN4O2/c1-12(2)22-19-21(29-30(22)11-18(32)28-4)24(33)31(17-7-5-6-16(26)20(17)27)23(19)15-9-8-14(25)10-13(15)3/h5-10,12,18,23,28,32H,11H2,1-4H3. The van der Waals surface area contributed by atoms with E-state index in [1.807, 2.05) is 32.9 Å². The second kappa shape index (κ2) is 9.06. The van der Waals surface area contributed by atoms with Crippen molar-refractivity contribution in [3.63, 3.8) is 0 Å². The van der Waals surface area contributed by atoms with Gasteiger partial charge in [-0.15, -0.1) is 0 Å². The number of halogens is 3. The topological polar surface area (TPSA) is 70.4 Å². The number of aliphatic hydroxyl groups excluding tert-OH is 1. The number of fused-ring (bicyclic) bond motifs is 1. The molecule has 0 aliphatic carbocycles. The Morgan fingerprint density at radius 3 is 2.61 bits per heavy atom. The minimum absolute atomic E-state index is 0.0163. The molecule has 2 N–H and O–H groups in total. The molecule has 0 saturated heterocycles. The highest BCUT2D eigenvalue weighted by Gasteiger charge is 2.46. The summed E-state index contributed by atoms with van der Waals surface area (Å²) in [5.74, 6) is -1.11. The van der Waals surface area contributed by atoms with E-state index in [0.717, 1.165) is 16.8 Å². The summed E-state index contributed by atoms with van der Waals surface area (Å²) in [5.41, 5.74) is 3.49. The number of anilines is 1. The molecule has 2 unspecified atom stereocenters. The van der Waals surface area contributed by atoms with Gasteiger partial charge in [-0.25, -0.2) is 4.39 Å². The minimum Gasteiger partial charge on any atom is -0.377 e. The number of hydrogen-bond acceptors (Lipinski definition) is 4. The van der Waals surface area contributed by atoms with E-state index in [9.17, 15) is 9.90 Å². The number of aromatic nitrogens is 2. The Kier molecular flexibility index (Phi) is 6.51. The van der Waals surface area contributed by atoms with Gasteiger partial charge in [0, 0.05) is 16.3 Å². The number of hydrogen-bond donors (Lipinski definition) is 2. The third kappa shape index (κ3) is 4.04. The van der Waals surface area contributed by atoms with Crippen molar-refractivity contribution >= 4 is 34.8 Å². The first-order valence-corrected chi connectivity index (χ1v) is 11.4. The quantitative estimate of drug-likeness (QED) is 0.474. The van der Waals surface area contributed by atoms with E-state index in [-0.39, 0.29) is 28.9 Å². The molecule has 33 heavy (non-hydrogen) atoms. The van der Waals surface area contributed by atoms with E-state index in [1.54, 1.807) is 23.9 Å². The highest BCUT2D eigenvalue weighted by atomic mass is 35.5. The SMILES string of the molecule is CNC(O)Cn1nc2c(c1C(C)C)C(c1ccc(Cl)cc1C)N(c1cccc(Cl)c1F)C2=O. The summed E-state index contributed by atoms with van der Waals surface area (Å²) in [7, 11) is 1.64. The Balaban J connectivity index is 2.00. The van der Waals surface area contributed by atoms with Crippen LogP contribution in [0.15, 0.2) is 36.4 Å². The molecule has 0 spiro atoms. The lowest BCUT2D eigenvalue weighted by Gasteiger charge is -2.29. The zero-order valence-corrected chi connectivity index (χ0v) is 20.2. The van der Waals surface area contributed by atoms with Gasteiger partial charge in [0.15, 0.2) is 11.5 Å². The number of rotatable bonds is 6. The fourth-order valence-corrected chi connectivity index (χ4v) is 4.84. The van der Waals surface area contributed by atoms with Crippen LogP contribution in [0.25, 0.3) is 0 Å². The van der Waals surface area contributed by atoms with Crippen LogP contribution in [0.5, 0.6) is 0 Å². The normalized spacial score (nSPS) is 16.6. The van der Waals surface area contributed by atoms with E-state index < -0.39 is 24.0 Å². The van der Waals surface area contributed by atoms with Gasteiger partial charge in [0.25, 0.3) is 5.91 Å². The summed E-state index contributed by atoms with van der Waals surface area (Å²) >= 11 is 12.3. The number of likely N-dealkylation sites (N-methyl/N-ethyl adjacent to an activating group) is 1. The highest BCUT2D eigenvalue weighted by Crippen LogP contribution is 2.47. The third-order valence-electron chi connectivity index (χ3n) is 5.93. The summed E-state index contributed by atoms with van der Waals surface area (Å²) in [4.78, 5) is 15.1. The van der Waals surface area contributed by atoms with Gasteiger partial charge in [-0.1, -0.05) is 49.2 Å². The van der Waals surface area contributed by atoms with E-state index in [2.05, 4.69) is 10.4 Å². The summed E-state index contributed by atoms with van der Waals surface area (Å²) < 4.78 is 16.8. The van der Waals surface area contributed by atoms with Gasteiger partial charge in [-0.3, -0.25) is 19.7 Å². The predicted octanol–water partition coefficient (Wildman–Crippen LogP) is 5.05. The van der Waals surface area contributed by atoms with E-state index in [4.69, 9.17) is 23.2 Å². The van der Waals surface area contributed by atoms with Crippen molar-refractivity contribution in [1.29, 1.82) is 0 Å². The first kappa shape index (κ1) is 23.7. The van der Waals surface area contributed by atoms with Gasteiger partial charge in [0.2, 0.25) is 0 Å². The molecular weight excluding hydrogens is 466 g/mol. The number of aliphatic hydroxyl groups is 1. The Hall–Kier alpha value is -2.45. The lowest BCUT2D eigenvalue weighted by molar-refractivity contribution is 0.0980. The first-order valence-electron chi connectivity index (χ1n) is 10.6.